The predicted octanol–water partition coefficient (Wildman–Crippen LogP) is 4.18. The van der Waals surface area contributed by atoms with Crippen LogP contribution in [0.1, 0.15) is 23.6 Å². The van der Waals surface area contributed by atoms with Crippen molar-refractivity contribution >= 4 is 23.1 Å². The Bertz CT molecular complexity index is 680. The van der Waals surface area contributed by atoms with Crippen LogP contribution in [-0.4, -0.2) is 38.2 Å². The number of ether oxygens (including phenoxy) is 2. The first-order valence-electron chi connectivity index (χ1n) is 8.02. The number of carbonyl (C=O) groups excluding carboxylic acids is 1. The molecule has 0 atom stereocenters. The Morgan fingerprint density at radius 1 is 1.17 bits per heavy atom. The standard InChI is InChI=1S/C18H22N2O3S/c1-22-15-6-5-14(12-16(15)23-2)19-18(21)20-9-7-13(8-10-20)17-4-3-11-24-17/h3-6,11-13H,7-10H2,1-2H3,(H,19,21). The summed E-state index contributed by atoms with van der Waals surface area (Å²) in [5, 5.41) is 5.06. The molecule has 128 valence electrons. The third-order valence-electron chi connectivity index (χ3n) is 4.36. The third-order valence-corrected chi connectivity index (χ3v) is 5.40. The Morgan fingerprint density at radius 2 is 1.92 bits per heavy atom. The monoisotopic (exact) mass is 346 g/mol. The summed E-state index contributed by atoms with van der Waals surface area (Å²) in [6.07, 6.45) is 2.03. The highest BCUT2D eigenvalue weighted by atomic mass is 32.1. The Kier molecular flexibility index (Phi) is 5.25. The topological polar surface area (TPSA) is 50.8 Å². The number of benzene rings is 1. The van der Waals surface area contributed by atoms with Gasteiger partial charge < -0.3 is 19.7 Å². The first kappa shape index (κ1) is 16.6. The Morgan fingerprint density at radius 3 is 2.54 bits per heavy atom. The molecule has 0 aliphatic carbocycles. The molecule has 0 radical (unpaired) electrons. The van der Waals surface area contributed by atoms with Gasteiger partial charge in [0.25, 0.3) is 0 Å². The molecule has 2 aromatic rings. The second-order valence-corrected chi connectivity index (χ2v) is 6.76. The van der Waals surface area contributed by atoms with Gasteiger partial charge in [-0.15, -0.1) is 11.3 Å². The van der Waals surface area contributed by atoms with Crippen LogP contribution in [0.25, 0.3) is 0 Å². The molecule has 1 aliphatic heterocycles. The van der Waals surface area contributed by atoms with Crippen molar-refractivity contribution in [1.82, 2.24) is 4.90 Å². The van der Waals surface area contributed by atoms with E-state index in [0.717, 1.165) is 25.9 Å². The van der Waals surface area contributed by atoms with Crippen LogP contribution in [0.3, 0.4) is 0 Å². The lowest BCUT2D eigenvalue weighted by molar-refractivity contribution is 0.195. The maximum absolute atomic E-state index is 12.5. The van der Waals surface area contributed by atoms with E-state index in [0.29, 0.717) is 23.1 Å². The van der Waals surface area contributed by atoms with E-state index >= 15 is 0 Å². The number of likely N-dealkylation sites (tertiary alicyclic amines) is 1. The number of hydrogen-bond donors (Lipinski definition) is 1. The van der Waals surface area contributed by atoms with Crippen molar-refractivity contribution in [3.63, 3.8) is 0 Å². The summed E-state index contributed by atoms with van der Waals surface area (Å²) < 4.78 is 10.5. The van der Waals surface area contributed by atoms with Gasteiger partial charge in [0.1, 0.15) is 0 Å². The first-order valence-corrected chi connectivity index (χ1v) is 8.90. The summed E-state index contributed by atoms with van der Waals surface area (Å²) in [5.74, 6) is 1.83. The van der Waals surface area contributed by atoms with Crippen molar-refractivity contribution in [1.29, 1.82) is 0 Å². The predicted molar refractivity (Wildman–Crippen MR) is 96.4 cm³/mol. The Labute approximate surface area is 146 Å². The summed E-state index contributed by atoms with van der Waals surface area (Å²) in [6, 6.07) is 9.60. The molecule has 1 N–H and O–H groups in total. The number of amides is 2. The number of carbonyl (C=O) groups is 1. The SMILES string of the molecule is COc1ccc(NC(=O)N2CCC(c3cccs3)CC2)cc1OC. The number of urea groups is 1. The van der Waals surface area contributed by atoms with E-state index in [1.807, 2.05) is 11.0 Å². The zero-order chi connectivity index (χ0) is 16.9. The highest BCUT2D eigenvalue weighted by Gasteiger charge is 2.24. The van der Waals surface area contributed by atoms with Crippen LogP contribution in [0.5, 0.6) is 11.5 Å². The van der Waals surface area contributed by atoms with Gasteiger partial charge in [0.05, 0.1) is 14.2 Å². The molecule has 2 amide bonds. The lowest BCUT2D eigenvalue weighted by Crippen LogP contribution is -2.40. The van der Waals surface area contributed by atoms with Gasteiger partial charge in [-0.25, -0.2) is 4.79 Å². The summed E-state index contributed by atoms with van der Waals surface area (Å²) in [6.45, 7) is 1.56. The van der Waals surface area contributed by atoms with Gasteiger partial charge >= 0.3 is 6.03 Å². The second-order valence-electron chi connectivity index (χ2n) is 5.78. The lowest BCUT2D eigenvalue weighted by atomic mass is 9.95. The summed E-state index contributed by atoms with van der Waals surface area (Å²) >= 11 is 1.80. The Hall–Kier alpha value is -2.21. The molecule has 0 saturated carbocycles. The molecule has 24 heavy (non-hydrogen) atoms. The lowest BCUT2D eigenvalue weighted by Gasteiger charge is -2.31. The van der Waals surface area contributed by atoms with Crippen LogP contribution >= 0.6 is 11.3 Å². The molecular weight excluding hydrogens is 324 g/mol. The number of rotatable bonds is 4. The van der Waals surface area contributed by atoms with E-state index < -0.39 is 0 Å². The van der Waals surface area contributed by atoms with Crippen LogP contribution < -0.4 is 14.8 Å². The third kappa shape index (κ3) is 3.64. The number of nitrogens with zero attached hydrogens (tertiary/aromatic N) is 1. The van der Waals surface area contributed by atoms with Crippen LogP contribution in [0.2, 0.25) is 0 Å². The molecule has 1 aromatic carbocycles. The summed E-state index contributed by atoms with van der Waals surface area (Å²) in [7, 11) is 3.17. The zero-order valence-corrected chi connectivity index (χ0v) is 14.8. The molecule has 1 aliphatic rings. The van der Waals surface area contributed by atoms with Gasteiger partial charge in [0.15, 0.2) is 11.5 Å². The van der Waals surface area contributed by atoms with Gasteiger partial charge in [-0.3, -0.25) is 0 Å². The molecule has 3 rings (SSSR count). The molecule has 1 fully saturated rings. The van der Waals surface area contributed by atoms with E-state index in [4.69, 9.17) is 9.47 Å². The summed E-state index contributed by atoms with van der Waals surface area (Å²) in [5.41, 5.74) is 0.707. The Balaban J connectivity index is 1.58. The minimum atomic E-state index is -0.0631. The largest absolute Gasteiger partial charge is 0.493 e. The van der Waals surface area contributed by atoms with Gasteiger partial charge in [0.2, 0.25) is 0 Å². The van der Waals surface area contributed by atoms with E-state index in [9.17, 15) is 4.79 Å². The molecule has 1 saturated heterocycles. The highest BCUT2D eigenvalue weighted by Crippen LogP contribution is 2.32. The average Bonchev–Trinajstić information content (AvgIpc) is 3.16. The van der Waals surface area contributed by atoms with Crippen LogP contribution in [0.15, 0.2) is 35.7 Å². The van der Waals surface area contributed by atoms with E-state index in [2.05, 4.69) is 22.8 Å². The zero-order valence-electron chi connectivity index (χ0n) is 14.0. The fraction of sp³-hybridized carbons (Fsp3) is 0.389. The van der Waals surface area contributed by atoms with E-state index in [-0.39, 0.29) is 6.03 Å². The number of hydrogen-bond acceptors (Lipinski definition) is 4. The number of anilines is 1. The molecule has 0 unspecified atom stereocenters. The maximum atomic E-state index is 12.5. The normalized spacial score (nSPS) is 15.2. The average molecular weight is 346 g/mol. The second kappa shape index (κ2) is 7.57. The smallest absolute Gasteiger partial charge is 0.321 e. The van der Waals surface area contributed by atoms with Crippen LogP contribution in [0, 0.1) is 0 Å². The minimum absolute atomic E-state index is 0.0631. The molecular formula is C18H22N2O3S. The number of methoxy groups -OCH3 is 2. The molecule has 6 heteroatoms. The number of nitrogens with one attached hydrogen (secondary N) is 1. The number of piperidine rings is 1. The number of thiophene rings is 1. The van der Waals surface area contributed by atoms with Gasteiger partial charge in [-0.2, -0.15) is 0 Å². The van der Waals surface area contributed by atoms with Crippen molar-refractivity contribution in [2.45, 2.75) is 18.8 Å². The fourth-order valence-corrected chi connectivity index (χ4v) is 3.91. The quantitative estimate of drug-likeness (QED) is 0.904. The first-order chi connectivity index (χ1) is 11.7. The molecule has 0 spiro atoms. The highest BCUT2D eigenvalue weighted by molar-refractivity contribution is 7.10. The minimum Gasteiger partial charge on any atom is -0.493 e. The van der Waals surface area contributed by atoms with Crippen molar-refractivity contribution in [2.75, 3.05) is 32.6 Å². The van der Waals surface area contributed by atoms with Crippen molar-refractivity contribution in [2.24, 2.45) is 0 Å². The van der Waals surface area contributed by atoms with Gasteiger partial charge in [-0.1, -0.05) is 6.07 Å². The van der Waals surface area contributed by atoms with E-state index in [1.165, 1.54) is 4.88 Å². The fourth-order valence-electron chi connectivity index (χ4n) is 3.01. The molecule has 1 aromatic heterocycles. The van der Waals surface area contributed by atoms with Gasteiger partial charge in [-0.05, 0) is 42.3 Å². The van der Waals surface area contributed by atoms with Gasteiger partial charge in [0, 0.05) is 29.7 Å². The molecule has 5 nitrogen and oxygen atoms in total. The van der Waals surface area contributed by atoms with Crippen molar-refractivity contribution in [3.8, 4) is 11.5 Å². The molecule has 0 bridgehead atoms. The van der Waals surface area contributed by atoms with Crippen molar-refractivity contribution < 1.29 is 14.3 Å². The van der Waals surface area contributed by atoms with E-state index in [1.54, 1.807) is 37.7 Å². The summed E-state index contributed by atoms with van der Waals surface area (Å²) in [4.78, 5) is 15.8. The van der Waals surface area contributed by atoms with Crippen LogP contribution in [0.4, 0.5) is 10.5 Å². The molecule has 2 heterocycles. The van der Waals surface area contributed by atoms with Crippen LogP contribution in [-0.2, 0) is 0 Å². The van der Waals surface area contributed by atoms with Crippen molar-refractivity contribution in [3.05, 3.63) is 40.6 Å². The maximum Gasteiger partial charge on any atom is 0.321 e.